The van der Waals surface area contributed by atoms with E-state index in [4.69, 9.17) is 0 Å². The molecule has 1 heterocycles. The minimum Gasteiger partial charge on any atom is -0.360 e. The molecule has 1 aromatic heterocycles. The largest absolute Gasteiger partial charge is 0.360 e. The van der Waals surface area contributed by atoms with E-state index in [1.165, 1.54) is 23.5 Å². The van der Waals surface area contributed by atoms with Gasteiger partial charge in [-0.15, -0.1) is 11.3 Å². The van der Waals surface area contributed by atoms with Gasteiger partial charge in [0.15, 0.2) is 0 Å². The second-order valence-corrected chi connectivity index (χ2v) is 5.59. The van der Waals surface area contributed by atoms with E-state index in [9.17, 15) is 9.65 Å². The fourth-order valence-electron chi connectivity index (χ4n) is 2.01. The Morgan fingerprint density at radius 3 is 2.74 bits per heavy atom. The van der Waals surface area contributed by atoms with Crippen LogP contribution in [0.5, 0.6) is 0 Å². The van der Waals surface area contributed by atoms with Crippen LogP contribution in [-0.2, 0) is 0 Å². The van der Waals surface area contributed by atoms with E-state index in [2.05, 4.69) is 16.4 Å². The summed E-state index contributed by atoms with van der Waals surface area (Å²) in [6.07, 6.45) is 1.54. The van der Waals surface area contributed by atoms with Crippen molar-refractivity contribution < 1.29 is 4.39 Å². The first kappa shape index (κ1) is 14.9. The molecule has 0 saturated heterocycles. The molecule has 0 radical (unpaired) electrons. The molecule has 0 spiro atoms. The Labute approximate surface area is 137 Å². The van der Waals surface area contributed by atoms with Gasteiger partial charge >= 0.3 is 0 Å². The van der Waals surface area contributed by atoms with Crippen molar-refractivity contribution in [3.63, 3.8) is 0 Å². The summed E-state index contributed by atoms with van der Waals surface area (Å²) in [5.41, 5.74) is 2.82. The first-order valence-electron chi connectivity index (χ1n) is 6.90. The van der Waals surface area contributed by atoms with Crippen molar-refractivity contribution in [2.24, 2.45) is 0 Å². The zero-order valence-corrected chi connectivity index (χ0v) is 12.8. The van der Waals surface area contributed by atoms with Crippen LogP contribution in [0.25, 0.3) is 16.8 Å². The SMILES string of the molecule is N#CC(=CNc1cccc(F)c1)c1nc(-c2ccccc2)cs1. The minimum atomic E-state index is -0.331. The number of thiazole rings is 1. The zero-order chi connectivity index (χ0) is 16.1. The number of aromatic nitrogens is 1. The molecule has 23 heavy (non-hydrogen) atoms. The van der Waals surface area contributed by atoms with Gasteiger partial charge in [0.1, 0.15) is 22.5 Å². The molecule has 112 valence electrons. The van der Waals surface area contributed by atoms with Crippen LogP contribution in [0.2, 0.25) is 0 Å². The van der Waals surface area contributed by atoms with E-state index in [1.807, 2.05) is 35.7 Å². The molecule has 1 N–H and O–H groups in total. The van der Waals surface area contributed by atoms with E-state index in [-0.39, 0.29) is 5.82 Å². The fraction of sp³-hybridized carbons (Fsp3) is 0. The number of nitrogens with zero attached hydrogens (tertiary/aromatic N) is 2. The molecule has 3 rings (SSSR count). The van der Waals surface area contributed by atoms with Gasteiger partial charge in [-0.2, -0.15) is 5.26 Å². The molecule has 0 aliphatic rings. The number of halogens is 1. The summed E-state index contributed by atoms with van der Waals surface area (Å²) in [6.45, 7) is 0. The number of rotatable bonds is 4. The van der Waals surface area contributed by atoms with Gasteiger partial charge in [-0.1, -0.05) is 36.4 Å². The number of allylic oxidation sites excluding steroid dienone is 1. The Balaban J connectivity index is 1.83. The summed E-state index contributed by atoms with van der Waals surface area (Å²) < 4.78 is 13.2. The number of nitrogens with one attached hydrogen (secondary N) is 1. The summed E-state index contributed by atoms with van der Waals surface area (Å²) in [5.74, 6) is -0.331. The van der Waals surface area contributed by atoms with Crippen LogP contribution in [0.15, 0.2) is 66.2 Å². The van der Waals surface area contributed by atoms with Crippen LogP contribution in [0.1, 0.15) is 5.01 Å². The third-order valence-electron chi connectivity index (χ3n) is 3.13. The van der Waals surface area contributed by atoms with Gasteiger partial charge in [0.2, 0.25) is 0 Å². The highest BCUT2D eigenvalue weighted by Gasteiger charge is 2.08. The van der Waals surface area contributed by atoms with Crippen molar-refractivity contribution in [2.75, 3.05) is 5.32 Å². The predicted octanol–water partition coefficient (Wildman–Crippen LogP) is 4.93. The quantitative estimate of drug-likeness (QED) is 0.693. The first-order valence-corrected chi connectivity index (χ1v) is 7.78. The van der Waals surface area contributed by atoms with Crippen LogP contribution in [0.3, 0.4) is 0 Å². The van der Waals surface area contributed by atoms with Gasteiger partial charge in [0.05, 0.1) is 5.69 Å². The Kier molecular flexibility index (Phi) is 4.46. The van der Waals surface area contributed by atoms with Crippen molar-refractivity contribution in [3.05, 3.63) is 77.0 Å². The van der Waals surface area contributed by atoms with E-state index in [0.717, 1.165) is 11.3 Å². The molecule has 0 atom stereocenters. The summed E-state index contributed by atoms with van der Waals surface area (Å²) in [7, 11) is 0. The highest BCUT2D eigenvalue weighted by Crippen LogP contribution is 2.25. The highest BCUT2D eigenvalue weighted by atomic mass is 32.1. The number of nitriles is 1. The van der Waals surface area contributed by atoms with Gasteiger partial charge in [-0.3, -0.25) is 0 Å². The van der Waals surface area contributed by atoms with Crippen molar-refractivity contribution >= 4 is 22.6 Å². The van der Waals surface area contributed by atoms with Gasteiger partial charge in [-0.25, -0.2) is 9.37 Å². The molecular weight excluding hydrogens is 309 g/mol. The first-order chi connectivity index (χ1) is 11.3. The molecule has 5 heteroatoms. The predicted molar refractivity (Wildman–Crippen MR) is 91.2 cm³/mol. The van der Waals surface area contributed by atoms with Crippen LogP contribution in [0.4, 0.5) is 10.1 Å². The van der Waals surface area contributed by atoms with E-state index in [1.54, 1.807) is 18.3 Å². The molecule has 0 bridgehead atoms. The minimum absolute atomic E-state index is 0.331. The molecule has 2 aromatic carbocycles. The lowest BCUT2D eigenvalue weighted by molar-refractivity contribution is 0.628. The maximum Gasteiger partial charge on any atom is 0.136 e. The average Bonchev–Trinajstić information content (AvgIpc) is 3.06. The number of anilines is 1. The van der Waals surface area contributed by atoms with Gasteiger partial charge in [0.25, 0.3) is 0 Å². The maximum absolute atomic E-state index is 13.2. The molecule has 0 amide bonds. The van der Waals surface area contributed by atoms with Gasteiger partial charge < -0.3 is 5.32 Å². The van der Waals surface area contributed by atoms with Crippen LogP contribution >= 0.6 is 11.3 Å². The molecule has 0 fully saturated rings. The van der Waals surface area contributed by atoms with Crippen molar-refractivity contribution in [3.8, 4) is 17.3 Å². The molecule has 0 unspecified atom stereocenters. The molecule has 0 aliphatic heterocycles. The van der Waals surface area contributed by atoms with E-state index < -0.39 is 0 Å². The number of hydrogen-bond donors (Lipinski definition) is 1. The lowest BCUT2D eigenvalue weighted by Gasteiger charge is -2.01. The van der Waals surface area contributed by atoms with E-state index >= 15 is 0 Å². The molecule has 3 nitrogen and oxygen atoms in total. The third-order valence-corrected chi connectivity index (χ3v) is 4.01. The van der Waals surface area contributed by atoms with Crippen LogP contribution in [0, 0.1) is 17.1 Å². The summed E-state index contributed by atoms with van der Waals surface area (Å²) >= 11 is 1.40. The Morgan fingerprint density at radius 1 is 1.17 bits per heavy atom. The molecular formula is C18H12FN3S. The van der Waals surface area contributed by atoms with Crippen molar-refractivity contribution in [1.82, 2.24) is 4.98 Å². The van der Waals surface area contributed by atoms with E-state index in [0.29, 0.717) is 16.3 Å². The van der Waals surface area contributed by atoms with Crippen LogP contribution < -0.4 is 5.32 Å². The number of hydrogen-bond acceptors (Lipinski definition) is 4. The highest BCUT2D eigenvalue weighted by molar-refractivity contribution is 7.11. The molecule has 0 saturated carbocycles. The lowest BCUT2D eigenvalue weighted by atomic mass is 10.2. The zero-order valence-electron chi connectivity index (χ0n) is 12.0. The second kappa shape index (κ2) is 6.86. The second-order valence-electron chi connectivity index (χ2n) is 4.73. The smallest absolute Gasteiger partial charge is 0.136 e. The summed E-state index contributed by atoms with van der Waals surface area (Å²) in [4.78, 5) is 4.50. The number of benzene rings is 2. The lowest BCUT2D eigenvalue weighted by Crippen LogP contribution is -1.91. The fourth-order valence-corrected chi connectivity index (χ4v) is 2.81. The molecule has 3 aromatic rings. The Bertz CT molecular complexity index is 879. The normalized spacial score (nSPS) is 11.0. The molecule has 0 aliphatic carbocycles. The third kappa shape index (κ3) is 3.62. The van der Waals surface area contributed by atoms with Gasteiger partial charge in [-0.05, 0) is 18.2 Å². The van der Waals surface area contributed by atoms with Crippen molar-refractivity contribution in [2.45, 2.75) is 0 Å². The summed E-state index contributed by atoms with van der Waals surface area (Å²) in [6, 6.07) is 18.0. The monoisotopic (exact) mass is 321 g/mol. The maximum atomic E-state index is 13.2. The van der Waals surface area contributed by atoms with Crippen LogP contribution in [-0.4, -0.2) is 4.98 Å². The average molecular weight is 321 g/mol. The standard InChI is InChI=1S/C18H12FN3S/c19-15-7-4-8-16(9-15)21-11-14(10-20)18-22-17(12-23-18)13-5-2-1-3-6-13/h1-9,11-12,21H. The van der Waals surface area contributed by atoms with Crippen molar-refractivity contribution in [1.29, 1.82) is 5.26 Å². The Morgan fingerprint density at radius 2 is 2.00 bits per heavy atom. The topological polar surface area (TPSA) is 48.7 Å². The summed E-state index contributed by atoms with van der Waals surface area (Å²) in [5, 5.41) is 14.8. The van der Waals surface area contributed by atoms with Gasteiger partial charge in [0, 0.05) is 22.8 Å². The Hall–Kier alpha value is -2.97.